The van der Waals surface area contributed by atoms with Crippen molar-refractivity contribution in [3.63, 3.8) is 0 Å². The fraction of sp³-hybridized carbons (Fsp3) is 0.333. The number of benzene rings is 1. The van der Waals surface area contributed by atoms with Gasteiger partial charge in [-0.15, -0.1) is 0 Å². The molecule has 0 fully saturated rings. The maximum absolute atomic E-state index is 12.7. The number of carbonyl (C=O) groups excluding carboxylic acids is 1. The van der Waals surface area contributed by atoms with Gasteiger partial charge in [0.05, 0.1) is 12.6 Å². The summed E-state index contributed by atoms with van der Waals surface area (Å²) in [4.78, 5) is 22.1. The van der Waals surface area contributed by atoms with E-state index in [1.807, 2.05) is 0 Å². The Hall–Kier alpha value is -2.15. The summed E-state index contributed by atoms with van der Waals surface area (Å²) >= 11 is 0. The minimum Gasteiger partial charge on any atom is -0.480 e. The van der Waals surface area contributed by atoms with Gasteiger partial charge in [0, 0.05) is 0 Å². The van der Waals surface area contributed by atoms with Crippen LogP contribution in [-0.2, 0) is 4.79 Å². The van der Waals surface area contributed by atoms with E-state index in [0.717, 1.165) is 0 Å². The summed E-state index contributed by atoms with van der Waals surface area (Å²) in [6.45, 7) is 0.967. The second-order valence-electron chi connectivity index (χ2n) is 3.96. The topological polar surface area (TPSA) is 98.7 Å². The van der Waals surface area contributed by atoms with Crippen LogP contribution in [0.1, 0.15) is 18.5 Å². The highest BCUT2D eigenvalue weighted by atomic mass is 19.1. The highest BCUT2D eigenvalue weighted by Gasteiger charge is 2.19. The molecule has 0 aliphatic rings. The maximum atomic E-state index is 12.7. The first-order valence-electron chi connectivity index (χ1n) is 5.60. The molecule has 7 heteroatoms. The quantitative estimate of drug-likeness (QED) is 0.630. The summed E-state index contributed by atoms with van der Waals surface area (Å²) < 4.78 is 12.7. The molecule has 0 aliphatic carbocycles. The third kappa shape index (κ3) is 4.55. The number of rotatable bonds is 5. The number of aliphatic hydroxyl groups is 1. The van der Waals surface area contributed by atoms with E-state index in [9.17, 15) is 14.0 Å². The van der Waals surface area contributed by atoms with Crippen molar-refractivity contribution in [1.29, 1.82) is 0 Å². The fourth-order valence-electron chi connectivity index (χ4n) is 1.42. The molecule has 0 saturated carbocycles. The molecule has 1 aromatic carbocycles. The summed E-state index contributed by atoms with van der Waals surface area (Å²) in [6.07, 6.45) is 0. The van der Waals surface area contributed by atoms with Gasteiger partial charge in [0.2, 0.25) is 0 Å². The van der Waals surface area contributed by atoms with E-state index in [1.165, 1.54) is 24.3 Å². The van der Waals surface area contributed by atoms with Gasteiger partial charge in [0.15, 0.2) is 6.04 Å². The predicted molar refractivity (Wildman–Crippen MR) is 65.0 cm³/mol. The molecular weight excluding hydrogens is 255 g/mol. The zero-order valence-electron chi connectivity index (χ0n) is 10.3. The van der Waals surface area contributed by atoms with Crippen molar-refractivity contribution >= 4 is 12.0 Å². The van der Waals surface area contributed by atoms with Gasteiger partial charge in [-0.25, -0.2) is 14.0 Å². The number of nitrogens with one attached hydrogen (secondary N) is 2. The predicted octanol–water partition coefficient (Wildman–Crippen LogP) is 0.631. The van der Waals surface area contributed by atoms with Crippen molar-refractivity contribution in [3.8, 4) is 0 Å². The third-order valence-electron chi connectivity index (χ3n) is 2.50. The van der Waals surface area contributed by atoms with Crippen LogP contribution in [0.2, 0.25) is 0 Å². The largest absolute Gasteiger partial charge is 0.480 e. The molecule has 104 valence electrons. The molecule has 2 amide bonds. The first-order valence-corrected chi connectivity index (χ1v) is 5.60. The number of halogens is 1. The molecule has 1 rings (SSSR count). The van der Waals surface area contributed by atoms with E-state index in [1.54, 1.807) is 6.92 Å². The van der Waals surface area contributed by atoms with Gasteiger partial charge in [0.25, 0.3) is 0 Å². The van der Waals surface area contributed by atoms with E-state index < -0.39 is 30.7 Å². The average molecular weight is 270 g/mol. The van der Waals surface area contributed by atoms with Crippen LogP contribution < -0.4 is 10.6 Å². The highest BCUT2D eigenvalue weighted by molar-refractivity contribution is 5.82. The van der Waals surface area contributed by atoms with Gasteiger partial charge in [-0.2, -0.15) is 0 Å². The molecule has 0 radical (unpaired) electrons. The molecule has 0 aliphatic heterocycles. The number of aliphatic hydroxyl groups excluding tert-OH is 1. The second-order valence-corrected chi connectivity index (χ2v) is 3.96. The van der Waals surface area contributed by atoms with E-state index in [-0.39, 0.29) is 5.82 Å². The lowest BCUT2D eigenvalue weighted by molar-refractivity contribution is -0.140. The molecule has 0 spiro atoms. The molecule has 4 N–H and O–H groups in total. The van der Waals surface area contributed by atoms with Crippen molar-refractivity contribution in [2.45, 2.75) is 19.0 Å². The molecule has 0 saturated heterocycles. The number of hydrogen-bond donors (Lipinski definition) is 4. The van der Waals surface area contributed by atoms with Gasteiger partial charge >= 0.3 is 12.0 Å². The minimum absolute atomic E-state index is 0.383. The average Bonchev–Trinajstić information content (AvgIpc) is 2.36. The second kappa shape index (κ2) is 6.69. The molecule has 0 bridgehead atoms. The van der Waals surface area contributed by atoms with Gasteiger partial charge in [-0.05, 0) is 24.6 Å². The monoisotopic (exact) mass is 270 g/mol. The number of aliphatic carboxylic acids is 1. The smallest absolute Gasteiger partial charge is 0.328 e. The Labute approximate surface area is 109 Å². The summed E-state index contributed by atoms with van der Waals surface area (Å²) in [5.41, 5.74) is 0.674. The molecule has 0 aromatic heterocycles. The van der Waals surface area contributed by atoms with E-state index in [4.69, 9.17) is 10.2 Å². The molecule has 2 atom stereocenters. The SMILES string of the molecule is CC(NC(=O)N[C@@H](CO)C(=O)O)c1ccc(F)cc1. The highest BCUT2D eigenvalue weighted by Crippen LogP contribution is 2.12. The number of carboxylic acids is 1. The molecule has 1 aromatic rings. The molecule has 1 unspecified atom stereocenters. The number of urea groups is 1. The van der Waals surface area contributed by atoms with Crippen LogP contribution in [0, 0.1) is 5.82 Å². The van der Waals surface area contributed by atoms with Gasteiger partial charge in [0.1, 0.15) is 5.82 Å². The Morgan fingerprint density at radius 2 is 1.84 bits per heavy atom. The Morgan fingerprint density at radius 3 is 2.32 bits per heavy atom. The van der Waals surface area contributed by atoms with Crippen LogP contribution >= 0.6 is 0 Å². The van der Waals surface area contributed by atoms with Crippen molar-refractivity contribution in [1.82, 2.24) is 10.6 Å². The first-order chi connectivity index (χ1) is 8.93. The normalized spacial score (nSPS) is 13.4. The first kappa shape index (κ1) is 14.9. The maximum Gasteiger partial charge on any atom is 0.328 e. The summed E-state index contributed by atoms with van der Waals surface area (Å²) in [5.74, 6) is -1.71. The number of amides is 2. The van der Waals surface area contributed by atoms with Crippen LogP contribution in [0.3, 0.4) is 0 Å². The third-order valence-corrected chi connectivity index (χ3v) is 2.50. The minimum atomic E-state index is -1.36. The fourth-order valence-corrected chi connectivity index (χ4v) is 1.42. The summed E-state index contributed by atoms with van der Waals surface area (Å²) in [5, 5.41) is 22.0. The zero-order valence-corrected chi connectivity index (χ0v) is 10.3. The number of carboxylic acid groups (broad SMARTS) is 1. The van der Waals surface area contributed by atoms with Crippen molar-refractivity contribution in [2.75, 3.05) is 6.61 Å². The molecule has 19 heavy (non-hydrogen) atoms. The van der Waals surface area contributed by atoms with Gasteiger partial charge in [-0.1, -0.05) is 12.1 Å². The van der Waals surface area contributed by atoms with Crippen LogP contribution in [-0.4, -0.2) is 34.9 Å². The summed E-state index contributed by atoms with van der Waals surface area (Å²) in [6, 6.07) is 3.05. The van der Waals surface area contributed by atoms with Gasteiger partial charge < -0.3 is 20.8 Å². The van der Waals surface area contributed by atoms with E-state index >= 15 is 0 Å². The number of hydrogen-bond acceptors (Lipinski definition) is 3. The van der Waals surface area contributed by atoms with Gasteiger partial charge in [-0.3, -0.25) is 0 Å². The van der Waals surface area contributed by atoms with Crippen LogP contribution in [0.4, 0.5) is 9.18 Å². The Morgan fingerprint density at radius 1 is 1.26 bits per heavy atom. The Bertz CT molecular complexity index is 450. The summed E-state index contributed by atoms with van der Waals surface area (Å²) in [7, 11) is 0. The van der Waals surface area contributed by atoms with Crippen LogP contribution in [0.5, 0.6) is 0 Å². The Kier molecular flexibility index (Phi) is 5.25. The zero-order chi connectivity index (χ0) is 14.4. The molecule has 0 heterocycles. The van der Waals surface area contributed by atoms with E-state index in [0.29, 0.717) is 5.56 Å². The Balaban J connectivity index is 2.56. The lowest BCUT2D eigenvalue weighted by Gasteiger charge is -2.17. The van der Waals surface area contributed by atoms with Crippen molar-refractivity contribution in [2.24, 2.45) is 0 Å². The van der Waals surface area contributed by atoms with Crippen LogP contribution in [0.25, 0.3) is 0 Å². The number of carbonyl (C=O) groups is 2. The van der Waals surface area contributed by atoms with Crippen molar-refractivity contribution < 1.29 is 24.2 Å². The molecule has 6 nitrogen and oxygen atoms in total. The molecular formula is C12H15FN2O4. The lowest BCUT2D eigenvalue weighted by atomic mass is 10.1. The standard InChI is InChI=1S/C12H15FN2O4/c1-7(8-2-4-9(13)5-3-8)14-12(19)15-10(6-16)11(17)18/h2-5,7,10,16H,6H2,1H3,(H,17,18)(H2,14,15,19)/t7?,10-/m0/s1. The lowest BCUT2D eigenvalue weighted by Crippen LogP contribution is -2.48. The van der Waals surface area contributed by atoms with E-state index in [2.05, 4.69) is 10.6 Å². The van der Waals surface area contributed by atoms with Crippen molar-refractivity contribution in [3.05, 3.63) is 35.6 Å². The van der Waals surface area contributed by atoms with Crippen LogP contribution in [0.15, 0.2) is 24.3 Å².